The molecule has 0 saturated carbocycles. The number of halogens is 1. The zero-order valence-corrected chi connectivity index (χ0v) is 12.3. The van der Waals surface area contributed by atoms with Crippen LogP contribution in [0.15, 0.2) is 18.3 Å². The SMILES string of the molecule is CC[C@@]1(CO)C[C@@H]2CC[C@H]1N2C(=O)c1ccc(Cl)cn1. The molecule has 0 aliphatic carbocycles. The van der Waals surface area contributed by atoms with Crippen molar-refractivity contribution >= 4 is 17.5 Å². The fraction of sp³-hybridized carbons (Fsp3) is 0.600. The lowest BCUT2D eigenvalue weighted by Crippen LogP contribution is -2.42. The average Bonchev–Trinajstić information content (AvgIpc) is 3.03. The maximum atomic E-state index is 12.7. The molecule has 5 heteroatoms. The normalized spacial score (nSPS) is 31.9. The van der Waals surface area contributed by atoms with E-state index in [0.29, 0.717) is 10.7 Å². The number of amides is 1. The summed E-state index contributed by atoms with van der Waals surface area (Å²) in [5, 5.41) is 10.3. The predicted molar refractivity (Wildman–Crippen MR) is 76.7 cm³/mol. The van der Waals surface area contributed by atoms with Crippen molar-refractivity contribution in [3.63, 3.8) is 0 Å². The molecule has 0 radical (unpaired) electrons. The van der Waals surface area contributed by atoms with Crippen molar-refractivity contribution < 1.29 is 9.90 Å². The molecule has 1 amide bonds. The summed E-state index contributed by atoms with van der Waals surface area (Å²) in [5.74, 6) is -0.0297. The van der Waals surface area contributed by atoms with Crippen molar-refractivity contribution in [1.82, 2.24) is 9.88 Å². The van der Waals surface area contributed by atoms with Gasteiger partial charge in [-0.1, -0.05) is 18.5 Å². The number of hydrogen-bond acceptors (Lipinski definition) is 3. The van der Waals surface area contributed by atoms with Crippen LogP contribution in [-0.4, -0.2) is 39.6 Å². The van der Waals surface area contributed by atoms with Crippen LogP contribution in [0.25, 0.3) is 0 Å². The van der Waals surface area contributed by atoms with Gasteiger partial charge in [-0.3, -0.25) is 4.79 Å². The summed E-state index contributed by atoms with van der Waals surface area (Å²) in [6, 6.07) is 3.76. The average molecular weight is 295 g/mol. The minimum atomic E-state index is -0.120. The molecule has 108 valence electrons. The molecule has 3 rings (SSSR count). The van der Waals surface area contributed by atoms with Gasteiger partial charge in [0.25, 0.3) is 5.91 Å². The van der Waals surface area contributed by atoms with E-state index in [1.54, 1.807) is 12.1 Å². The van der Waals surface area contributed by atoms with Crippen molar-refractivity contribution in [1.29, 1.82) is 0 Å². The number of fused-ring (bicyclic) bond motifs is 2. The molecular formula is C15H19ClN2O2. The summed E-state index contributed by atoms with van der Waals surface area (Å²) in [4.78, 5) is 18.8. The predicted octanol–water partition coefficient (Wildman–Crippen LogP) is 2.50. The third-order valence-corrected chi connectivity index (χ3v) is 5.28. The molecular weight excluding hydrogens is 276 g/mol. The van der Waals surface area contributed by atoms with Crippen LogP contribution in [0.5, 0.6) is 0 Å². The van der Waals surface area contributed by atoms with Crippen LogP contribution in [-0.2, 0) is 0 Å². The molecule has 0 spiro atoms. The Labute approximate surface area is 123 Å². The van der Waals surface area contributed by atoms with E-state index in [2.05, 4.69) is 11.9 Å². The Bertz CT molecular complexity index is 513. The summed E-state index contributed by atoms with van der Waals surface area (Å²) in [6.45, 7) is 2.25. The van der Waals surface area contributed by atoms with Gasteiger partial charge in [0.05, 0.1) is 11.6 Å². The summed E-state index contributed by atoms with van der Waals surface area (Å²) >= 11 is 5.82. The van der Waals surface area contributed by atoms with E-state index >= 15 is 0 Å². The molecule has 20 heavy (non-hydrogen) atoms. The van der Waals surface area contributed by atoms with Gasteiger partial charge in [-0.05, 0) is 37.8 Å². The van der Waals surface area contributed by atoms with Crippen LogP contribution in [0, 0.1) is 5.41 Å². The van der Waals surface area contributed by atoms with Crippen molar-refractivity contribution in [3.8, 4) is 0 Å². The highest BCUT2D eigenvalue weighted by atomic mass is 35.5. The van der Waals surface area contributed by atoms with Gasteiger partial charge in [-0.25, -0.2) is 4.98 Å². The van der Waals surface area contributed by atoms with Crippen LogP contribution >= 0.6 is 11.6 Å². The lowest BCUT2D eigenvalue weighted by atomic mass is 9.72. The highest BCUT2D eigenvalue weighted by Crippen LogP contribution is 2.51. The van der Waals surface area contributed by atoms with E-state index in [1.807, 2.05) is 4.90 Å². The maximum absolute atomic E-state index is 12.7. The first-order valence-corrected chi connectivity index (χ1v) is 7.54. The first-order chi connectivity index (χ1) is 9.61. The van der Waals surface area contributed by atoms with Gasteiger partial charge >= 0.3 is 0 Å². The molecule has 2 aliphatic rings. The van der Waals surface area contributed by atoms with E-state index in [4.69, 9.17) is 11.6 Å². The summed E-state index contributed by atoms with van der Waals surface area (Å²) in [6.07, 6.45) is 5.34. The Kier molecular flexibility index (Phi) is 3.46. The van der Waals surface area contributed by atoms with E-state index in [9.17, 15) is 9.90 Å². The van der Waals surface area contributed by atoms with Crippen LogP contribution in [0.4, 0.5) is 0 Å². The maximum Gasteiger partial charge on any atom is 0.272 e. The molecule has 2 fully saturated rings. The molecule has 2 saturated heterocycles. The fourth-order valence-electron chi connectivity index (χ4n) is 3.89. The van der Waals surface area contributed by atoms with Crippen molar-refractivity contribution in [2.45, 2.75) is 44.7 Å². The van der Waals surface area contributed by atoms with Gasteiger partial charge in [0.15, 0.2) is 0 Å². The van der Waals surface area contributed by atoms with Crippen LogP contribution in [0.3, 0.4) is 0 Å². The molecule has 1 aromatic heterocycles. The number of carbonyl (C=O) groups excluding carboxylic acids is 1. The zero-order chi connectivity index (χ0) is 14.3. The number of rotatable bonds is 3. The molecule has 3 atom stereocenters. The van der Waals surface area contributed by atoms with Crippen LogP contribution in [0.1, 0.15) is 43.1 Å². The van der Waals surface area contributed by atoms with Crippen LogP contribution in [0.2, 0.25) is 5.02 Å². The summed E-state index contributed by atoms with van der Waals surface area (Å²) in [5.41, 5.74) is 0.321. The van der Waals surface area contributed by atoms with Gasteiger partial charge in [-0.2, -0.15) is 0 Å². The minimum Gasteiger partial charge on any atom is -0.396 e. The molecule has 0 unspecified atom stereocenters. The molecule has 1 aromatic rings. The largest absolute Gasteiger partial charge is 0.396 e. The molecule has 4 nitrogen and oxygen atoms in total. The topological polar surface area (TPSA) is 53.4 Å². The highest BCUT2D eigenvalue weighted by Gasteiger charge is 2.56. The number of nitrogens with zero attached hydrogens (tertiary/aromatic N) is 2. The van der Waals surface area contributed by atoms with Crippen LogP contribution < -0.4 is 0 Å². The lowest BCUT2D eigenvalue weighted by molar-refractivity contribution is 0.0553. The fourth-order valence-corrected chi connectivity index (χ4v) is 4.01. The number of aliphatic hydroxyl groups excluding tert-OH is 1. The second-order valence-electron chi connectivity index (χ2n) is 5.90. The van der Waals surface area contributed by atoms with Gasteiger partial charge in [0.1, 0.15) is 5.69 Å². The van der Waals surface area contributed by atoms with Gasteiger partial charge in [0.2, 0.25) is 0 Å². The molecule has 3 heterocycles. The number of aromatic nitrogens is 1. The second-order valence-corrected chi connectivity index (χ2v) is 6.34. The Morgan fingerprint density at radius 3 is 2.90 bits per heavy atom. The lowest BCUT2D eigenvalue weighted by Gasteiger charge is -2.34. The Hall–Kier alpha value is -1.13. The van der Waals surface area contributed by atoms with E-state index in [1.165, 1.54) is 6.20 Å². The van der Waals surface area contributed by atoms with Crippen molar-refractivity contribution in [3.05, 3.63) is 29.0 Å². The number of hydrogen-bond donors (Lipinski definition) is 1. The zero-order valence-electron chi connectivity index (χ0n) is 11.6. The first kappa shape index (κ1) is 13.8. The molecule has 0 aromatic carbocycles. The molecule has 2 aliphatic heterocycles. The number of carbonyl (C=O) groups is 1. The number of aliphatic hydroxyl groups is 1. The minimum absolute atomic E-state index is 0.0297. The molecule has 1 N–H and O–H groups in total. The van der Waals surface area contributed by atoms with Crippen molar-refractivity contribution in [2.75, 3.05) is 6.61 Å². The summed E-state index contributed by atoms with van der Waals surface area (Å²) in [7, 11) is 0. The van der Waals surface area contributed by atoms with Crippen molar-refractivity contribution in [2.24, 2.45) is 5.41 Å². The first-order valence-electron chi connectivity index (χ1n) is 7.16. The third kappa shape index (κ3) is 1.93. The highest BCUT2D eigenvalue weighted by molar-refractivity contribution is 6.30. The van der Waals surface area contributed by atoms with E-state index < -0.39 is 0 Å². The number of pyridine rings is 1. The van der Waals surface area contributed by atoms with E-state index in [0.717, 1.165) is 25.7 Å². The monoisotopic (exact) mass is 294 g/mol. The van der Waals surface area contributed by atoms with Gasteiger partial charge in [0, 0.05) is 23.7 Å². The smallest absolute Gasteiger partial charge is 0.272 e. The summed E-state index contributed by atoms with van der Waals surface area (Å²) < 4.78 is 0. The van der Waals surface area contributed by atoms with Gasteiger partial charge < -0.3 is 10.0 Å². The standard InChI is InChI=1S/C15H19ClN2O2/c1-2-15(9-19)7-11-4-6-13(15)18(11)14(20)12-5-3-10(16)8-17-12/h3,5,8,11,13,19H,2,4,6-7,9H2,1H3/t11-,13+,15-/m0/s1. The Morgan fingerprint density at radius 2 is 2.35 bits per heavy atom. The third-order valence-electron chi connectivity index (χ3n) is 5.05. The Morgan fingerprint density at radius 1 is 1.55 bits per heavy atom. The quantitative estimate of drug-likeness (QED) is 0.932. The second kappa shape index (κ2) is 5.01. The van der Waals surface area contributed by atoms with E-state index in [-0.39, 0.29) is 30.0 Å². The Balaban J connectivity index is 1.88. The van der Waals surface area contributed by atoms with Gasteiger partial charge in [-0.15, -0.1) is 0 Å². The molecule has 2 bridgehead atoms.